The van der Waals surface area contributed by atoms with Gasteiger partial charge < -0.3 is 15.4 Å². The van der Waals surface area contributed by atoms with E-state index in [1.165, 1.54) is 11.3 Å². The summed E-state index contributed by atoms with van der Waals surface area (Å²) in [5.74, 6) is 0.131. The first-order valence-electron chi connectivity index (χ1n) is 11.7. The van der Waals surface area contributed by atoms with E-state index in [-0.39, 0.29) is 17.9 Å². The number of aryl methyl sites for hydroxylation is 1. The number of hydrogen-bond donors (Lipinski definition) is 3. The second-order valence-corrected chi connectivity index (χ2v) is 10.3. The van der Waals surface area contributed by atoms with Crippen LogP contribution in [0.5, 0.6) is 0 Å². The molecule has 3 amide bonds. The van der Waals surface area contributed by atoms with Crippen LogP contribution in [0.15, 0.2) is 23.7 Å². The van der Waals surface area contributed by atoms with Gasteiger partial charge >= 0.3 is 6.09 Å². The first-order valence-corrected chi connectivity index (χ1v) is 12.5. The van der Waals surface area contributed by atoms with Crippen molar-refractivity contribution < 1.29 is 19.1 Å². The number of carbonyl (C=O) groups excluding carboxylic acids is 3. The molecule has 184 valence electrons. The van der Waals surface area contributed by atoms with E-state index in [0.29, 0.717) is 30.2 Å². The predicted molar refractivity (Wildman–Crippen MR) is 131 cm³/mol. The first kappa shape index (κ1) is 25.6. The molecule has 34 heavy (non-hydrogen) atoms. The van der Waals surface area contributed by atoms with Gasteiger partial charge in [0.05, 0.1) is 4.88 Å². The van der Waals surface area contributed by atoms with Gasteiger partial charge in [-0.05, 0) is 69.9 Å². The minimum atomic E-state index is -0.504. The van der Waals surface area contributed by atoms with Crippen molar-refractivity contribution in [2.75, 3.05) is 11.9 Å². The Bertz CT molecular complexity index is 988. The quantitative estimate of drug-likeness (QED) is 0.462. The summed E-state index contributed by atoms with van der Waals surface area (Å²) in [6.45, 7) is 6.01. The Morgan fingerprint density at radius 3 is 2.76 bits per heavy atom. The van der Waals surface area contributed by atoms with Crippen LogP contribution in [-0.4, -0.2) is 46.1 Å². The summed E-state index contributed by atoms with van der Waals surface area (Å²) in [5, 5.41) is 10.4. The number of rotatable bonds is 9. The summed E-state index contributed by atoms with van der Waals surface area (Å²) in [6.07, 6.45) is 6.40. The fourth-order valence-corrected chi connectivity index (χ4v) is 4.27. The Labute approximate surface area is 204 Å². The first-order chi connectivity index (χ1) is 16.2. The lowest BCUT2D eigenvalue weighted by Crippen LogP contribution is -2.39. The zero-order chi connectivity index (χ0) is 24.6. The number of ether oxygens (including phenoxy) is 1. The van der Waals surface area contributed by atoms with Crippen molar-refractivity contribution in [3.63, 3.8) is 0 Å². The molecule has 0 spiro atoms. The minimum absolute atomic E-state index is 0.0364. The molecule has 0 saturated heterocycles. The lowest BCUT2D eigenvalue weighted by atomic mass is 9.92. The minimum Gasteiger partial charge on any atom is -0.444 e. The number of nitrogens with zero attached hydrogens (tertiary/aromatic N) is 2. The Hall–Kier alpha value is -3.01. The topological polar surface area (TPSA) is 122 Å². The van der Waals surface area contributed by atoms with Crippen LogP contribution in [-0.2, 0) is 22.4 Å². The fraction of sp³-hybridized carbons (Fsp3) is 0.542. The molecule has 2 heterocycles. The summed E-state index contributed by atoms with van der Waals surface area (Å²) in [6, 6.07) is 3.64. The van der Waals surface area contributed by atoms with Crippen LogP contribution in [0.2, 0.25) is 0 Å². The zero-order valence-electron chi connectivity index (χ0n) is 20.0. The largest absolute Gasteiger partial charge is 0.444 e. The van der Waals surface area contributed by atoms with Gasteiger partial charge in [-0.2, -0.15) is 0 Å². The number of fused-ring (bicyclic) bond motifs is 1. The van der Waals surface area contributed by atoms with E-state index in [0.717, 1.165) is 43.4 Å². The van der Waals surface area contributed by atoms with Crippen molar-refractivity contribution in [2.45, 2.75) is 77.4 Å². The molecular weight excluding hydrogens is 454 g/mol. The molecule has 0 bridgehead atoms. The van der Waals surface area contributed by atoms with Crippen molar-refractivity contribution in [1.82, 2.24) is 20.6 Å². The number of thiophene rings is 1. The van der Waals surface area contributed by atoms with Crippen molar-refractivity contribution in [1.29, 1.82) is 0 Å². The van der Waals surface area contributed by atoms with Crippen molar-refractivity contribution in [2.24, 2.45) is 0 Å². The van der Waals surface area contributed by atoms with E-state index in [9.17, 15) is 14.4 Å². The molecule has 3 N–H and O–H groups in total. The Morgan fingerprint density at radius 1 is 1.21 bits per heavy atom. The molecule has 1 unspecified atom stereocenters. The van der Waals surface area contributed by atoms with E-state index in [1.54, 1.807) is 12.3 Å². The number of carbonyl (C=O) groups is 3. The molecule has 2 aromatic rings. The highest BCUT2D eigenvalue weighted by Crippen LogP contribution is 2.21. The number of nitrogens with one attached hydrogen (secondary N) is 3. The summed E-state index contributed by atoms with van der Waals surface area (Å²) >= 11 is 1.37. The monoisotopic (exact) mass is 487 g/mol. The number of amides is 3. The predicted octanol–water partition coefficient (Wildman–Crippen LogP) is 3.85. The highest BCUT2D eigenvalue weighted by atomic mass is 32.1. The van der Waals surface area contributed by atoms with E-state index in [1.807, 2.05) is 32.2 Å². The molecule has 0 aromatic carbocycles. The van der Waals surface area contributed by atoms with Crippen molar-refractivity contribution in [3.8, 4) is 0 Å². The molecule has 9 nitrogen and oxygen atoms in total. The van der Waals surface area contributed by atoms with Crippen LogP contribution >= 0.6 is 11.3 Å². The summed E-state index contributed by atoms with van der Waals surface area (Å²) in [4.78, 5) is 45.5. The molecule has 1 atom stereocenters. The molecule has 10 heteroatoms. The number of aromatic nitrogens is 2. The van der Waals surface area contributed by atoms with Gasteiger partial charge in [-0.25, -0.2) is 14.8 Å². The van der Waals surface area contributed by atoms with Crippen molar-refractivity contribution in [3.05, 3.63) is 39.8 Å². The number of hydrogen-bond acceptors (Lipinski definition) is 7. The second kappa shape index (κ2) is 11.9. The molecule has 0 fully saturated rings. The van der Waals surface area contributed by atoms with Gasteiger partial charge in [-0.3, -0.25) is 14.9 Å². The molecule has 2 aromatic heterocycles. The third kappa shape index (κ3) is 8.40. The van der Waals surface area contributed by atoms with Crippen molar-refractivity contribution >= 4 is 35.2 Å². The summed E-state index contributed by atoms with van der Waals surface area (Å²) in [5.41, 5.74) is 1.41. The highest BCUT2D eigenvalue weighted by Gasteiger charge is 2.22. The van der Waals surface area contributed by atoms with Gasteiger partial charge in [0.2, 0.25) is 11.9 Å². The maximum Gasteiger partial charge on any atom is 0.407 e. The second-order valence-electron chi connectivity index (χ2n) is 9.34. The molecule has 0 saturated carbocycles. The molecule has 1 aliphatic rings. The van der Waals surface area contributed by atoms with Gasteiger partial charge in [0.1, 0.15) is 5.60 Å². The van der Waals surface area contributed by atoms with Gasteiger partial charge in [-0.15, -0.1) is 11.3 Å². The maximum atomic E-state index is 12.3. The molecule has 3 rings (SSSR count). The van der Waals surface area contributed by atoms with E-state index in [4.69, 9.17) is 4.74 Å². The SMILES string of the molecule is CC(C)(C)OC(=O)NCCCCCC(=O)NC1CCc2nc(NC(=O)c3cccs3)ncc2C1. The van der Waals surface area contributed by atoms with Crippen LogP contribution in [0, 0.1) is 0 Å². The molecule has 1 aliphatic carbocycles. The Kier molecular flexibility index (Phi) is 8.98. The van der Waals surface area contributed by atoms with E-state index >= 15 is 0 Å². The lowest BCUT2D eigenvalue weighted by Gasteiger charge is -2.25. The molecule has 0 aliphatic heterocycles. The number of anilines is 1. The summed E-state index contributed by atoms with van der Waals surface area (Å²) < 4.78 is 5.19. The van der Waals surface area contributed by atoms with Gasteiger partial charge in [-0.1, -0.05) is 12.5 Å². The Morgan fingerprint density at radius 2 is 2.03 bits per heavy atom. The third-order valence-corrected chi connectivity index (χ3v) is 6.10. The van der Waals surface area contributed by atoms with Crippen LogP contribution < -0.4 is 16.0 Å². The standard InChI is InChI=1S/C24H33N5O4S/c1-24(2,3)33-23(32)25-12-6-4-5-9-20(30)27-17-10-11-18-16(14-17)15-26-22(28-18)29-21(31)19-8-7-13-34-19/h7-8,13,15,17H,4-6,9-12,14H2,1-3H3,(H,25,32)(H,27,30)(H,26,28,29,31). The highest BCUT2D eigenvalue weighted by molar-refractivity contribution is 7.12. The molecular formula is C24H33N5O4S. The average Bonchev–Trinajstić information content (AvgIpc) is 3.30. The van der Waals surface area contributed by atoms with E-state index < -0.39 is 11.7 Å². The zero-order valence-corrected chi connectivity index (χ0v) is 20.8. The Balaban J connectivity index is 1.33. The fourth-order valence-electron chi connectivity index (χ4n) is 3.65. The smallest absolute Gasteiger partial charge is 0.407 e. The average molecular weight is 488 g/mol. The maximum absolute atomic E-state index is 12.3. The van der Waals surface area contributed by atoms with Crippen LogP contribution in [0.4, 0.5) is 10.7 Å². The summed E-state index contributed by atoms with van der Waals surface area (Å²) in [7, 11) is 0. The van der Waals surface area contributed by atoms with Crippen LogP contribution in [0.1, 0.15) is 73.8 Å². The van der Waals surface area contributed by atoms with E-state index in [2.05, 4.69) is 25.9 Å². The number of unbranched alkanes of at least 4 members (excludes halogenated alkanes) is 2. The van der Waals surface area contributed by atoms with Crippen LogP contribution in [0.25, 0.3) is 0 Å². The molecule has 0 radical (unpaired) electrons. The normalized spacial score (nSPS) is 15.2. The van der Waals surface area contributed by atoms with Crippen LogP contribution in [0.3, 0.4) is 0 Å². The lowest BCUT2D eigenvalue weighted by molar-refractivity contribution is -0.122. The van der Waals surface area contributed by atoms with Gasteiger partial charge in [0.25, 0.3) is 5.91 Å². The van der Waals surface area contributed by atoms with Gasteiger partial charge in [0, 0.05) is 30.9 Å². The van der Waals surface area contributed by atoms with Gasteiger partial charge in [0.15, 0.2) is 0 Å². The third-order valence-electron chi connectivity index (χ3n) is 5.23. The number of alkyl carbamates (subject to hydrolysis) is 1.